The van der Waals surface area contributed by atoms with E-state index in [2.05, 4.69) is 16.4 Å². The van der Waals surface area contributed by atoms with Crippen molar-refractivity contribution in [3.63, 3.8) is 0 Å². The van der Waals surface area contributed by atoms with Crippen molar-refractivity contribution in [3.05, 3.63) is 59.5 Å². The number of urea groups is 1. The molecule has 2 aromatic rings. The van der Waals surface area contributed by atoms with Crippen LogP contribution in [0.15, 0.2) is 52.1 Å². The normalized spacial score (nSPS) is 19.2. The number of hydrogen-bond donors (Lipinski definition) is 1. The number of furan rings is 1. The fourth-order valence-corrected chi connectivity index (χ4v) is 3.49. The van der Waals surface area contributed by atoms with Crippen molar-refractivity contribution in [2.24, 2.45) is 4.99 Å². The zero-order valence-electron chi connectivity index (χ0n) is 16.0. The van der Waals surface area contributed by atoms with Gasteiger partial charge in [-0.1, -0.05) is 34.8 Å². The van der Waals surface area contributed by atoms with Crippen LogP contribution in [0.5, 0.6) is 0 Å². The monoisotopic (exact) mass is 380 g/mol. The van der Waals surface area contributed by atoms with Crippen LogP contribution in [0.2, 0.25) is 0 Å². The Bertz CT molecular complexity index is 993. The molecule has 0 radical (unpaired) electrons. The Hall–Kier alpha value is -3.42. The smallest absolute Gasteiger partial charge is 0.390 e. The highest BCUT2D eigenvalue weighted by molar-refractivity contribution is 6.22. The highest BCUT2D eigenvalue weighted by Crippen LogP contribution is 2.20. The number of carbonyl (C=O) groups excluding carboxylic acids is 2. The van der Waals surface area contributed by atoms with Gasteiger partial charge in [0.1, 0.15) is 12.3 Å². The van der Waals surface area contributed by atoms with E-state index in [9.17, 15) is 9.59 Å². The van der Waals surface area contributed by atoms with E-state index < -0.39 is 6.04 Å². The van der Waals surface area contributed by atoms with E-state index in [0.29, 0.717) is 24.9 Å². The van der Waals surface area contributed by atoms with Gasteiger partial charge in [-0.3, -0.25) is 19.9 Å². The van der Waals surface area contributed by atoms with Crippen LogP contribution in [0.4, 0.5) is 4.79 Å². The van der Waals surface area contributed by atoms with E-state index >= 15 is 0 Å². The van der Waals surface area contributed by atoms with Crippen molar-refractivity contribution < 1.29 is 18.6 Å². The largest absolute Gasteiger partial charge is 0.466 e. The van der Waals surface area contributed by atoms with Gasteiger partial charge in [0.25, 0.3) is 5.91 Å². The van der Waals surface area contributed by atoms with E-state index in [1.165, 1.54) is 11.9 Å². The summed E-state index contributed by atoms with van der Waals surface area (Å²) in [5.41, 5.74) is 2.20. The first-order valence-corrected chi connectivity index (χ1v) is 9.05. The van der Waals surface area contributed by atoms with E-state index in [1.807, 2.05) is 41.8 Å². The first-order chi connectivity index (χ1) is 13.5. The van der Waals surface area contributed by atoms with Crippen molar-refractivity contribution in [2.75, 3.05) is 14.1 Å². The summed E-state index contributed by atoms with van der Waals surface area (Å²) in [5, 5.41) is 3.25. The van der Waals surface area contributed by atoms with Crippen LogP contribution in [-0.2, 0) is 17.9 Å². The number of amidine groups is 1. The number of imide groups is 1. The van der Waals surface area contributed by atoms with Crippen LogP contribution in [0.3, 0.4) is 0 Å². The molecule has 1 aromatic carbocycles. The first kappa shape index (κ1) is 18.0. The lowest BCUT2D eigenvalue weighted by Crippen LogP contribution is -2.61. The van der Waals surface area contributed by atoms with Gasteiger partial charge in [0.2, 0.25) is 11.9 Å². The highest BCUT2D eigenvalue weighted by Gasteiger charge is 2.51. The molecule has 1 N–H and O–H groups in total. The van der Waals surface area contributed by atoms with Gasteiger partial charge in [-0.2, -0.15) is 0 Å². The highest BCUT2D eigenvalue weighted by atomic mass is 16.3. The van der Waals surface area contributed by atoms with Gasteiger partial charge in [-0.15, -0.1) is 0 Å². The Morgan fingerprint density at radius 2 is 2.00 bits per heavy atom. The summed E-state index contributed by atoms with van der Waals surface area (Å²) >= 11 is 0. The number of fused-ring (bicyclic) bond motifs is 1. The Balaban J connectivity index is 1.70. The standard InChI is InChI=1S/C20H21N5O3/c1-13-6-4-7-14(10-13)12-25-16-17(23(2)20(27)24(3)18(16)26)22-19(25)21-11-15-8-5-9-28-15/h4-10,16H,11-12H2,1-3H3/p+1. The zero-order chi connectivity index (χ0) is 19.8. The van der Waals surface area contributed by atoms with Gasteiger partial charge in [0.15, 0.2) is 0 Å². The molecule has 144 valence electrons. The van der Waals surface area contributed by atoms with E-state index in [-0.39, 0.29) is 11.9 Å². The molecule has 4 rings (SSSR count). The summed E-state index contributed by atoms with van der Waals surface area (Å²) in [7, 11) is 3.13. The molecular formula is C20H22N5O3+. The Morgan fingerprint density at radius 3 is 2.71 bits per heavy atom. The number of benzene rings is 1. The molecule has 3 heterocycles. The molecule has 2 aliphatic rings. The number of carbonyl (C=O) groups is 2. The molecule has 1 saturated heterocycles. The predicted octanol–water partition coefficient (Wildman–Crippen LogP) is 1.55. The number of likely N-dealkylation sites (N-methyl/N-ethyl adjacent to an activating group) is 2. The molecule has 3 amide bonds. The van der Waals surface area contributed by atoms with Crippen molar-refractivity contribution >= 4 is 23.7 Å². The second-order valence-corrected chi connectivity index (χ2v) is 6.98. The molecule has 1 atom stereocenters. The average Bonchev–Trinajstić information content (AvgIpc) is 3.31. The fraction of sp³-hybridized carbons (Fsp3) is 0.300. The molecular weight excluding hydrogens is 358 g/mol. The maximum atomic E-state index is 12.9. The third kappa shape index (κ3) is 3.06. The molecule has 2 aliphatic heterocycles. The lowest BCUT2D eigenvalue weighted by Gasteiger charge is -2.31. The predicted molar refractivity (Wildman–Crippen MR) is 103 cm³/mol. The Kier molecular flexibility index (Phi) is 4.46. The zero-order valence-corrected chi connectivity index (χ0v) is 16.0. The molecule has 8 nitrogen and oxygen atoms in total. The van der Waals surface area contributed by atoms with E-state index in [0.717, 1.165) is 21.8 Å². The van der Waals surface area contributed by atoms with Crippen LogP contribution in [0.1, 0.15) is 16.9 Å². The molecule has 1 aromatic heterocycles. The Labute approximate surface area is 162 Å². The van der Waals surface area contributed by atoms with Crippen molar-refractivity contribution in [1.29, 1.82) is 0 Å². The SMILES string of the molecule is Cc1cccc(C[N+]2=C(NCc3ccco3)N=C3C2C(=O)N(C)C(=O)N3C)c1. The van der Waals surface area contributed by atoms with Gasteiger partial charge in [-0.25, -0.2) is 9.37 Å². The number of hydrogen-bond acceptors (Lipinski definition) is 5. The molecule has 0 saturated carbocycles. The van der Waals surface area contributed by atoms with Crippen LogP contribution in [-0.4, -0.2) is 58.2 Å². The topological polar surface area (TPSA) is 81.2 Å². The fourth-order valence-electron chi connectivity index (χ4n) is 3.49. The maximum Gasteiger partial charge on any atom is 0.390 e. The Morgan fingerprint density at radius 1 is 1.18 bits per heavy atom. The maximum absolute atomic E-state index is 12.9. The van der Waals surface area contributed by atoms with Crippen molar-refractivity contribution in [3.8, 4) is 0 Å². The second kappa shape index (κ2) is 6.95. The van der Waals surface area contributed by atoms with Gasteiger partial charge >= 0.3 is 12.0 Å². The lowest BCUT2D eigenvalue weighted by atomic mass is 10.1. The number of aryl methyl sites for hydroxylation is 1. The van der Waals surface area contributed by atoms with Crippen LogP contribution in [0.25, 0.3) is 0 Å². The van der Waals surface area contributed by atoms with Gasteiger partial charge in [0, 0.05) is 14.1 Å². The van der Waals surface area contributed by atoms with E-state index in [1.54, 1.807) is 13.3 Å². The third-order valence-corrected chi connectivity index (χ3v) is 4.97. The summed E-state index contributed by atoms with van der Waals surface area (Å²) < 4.78 is 7.27. The number of aliphatic imine (C=N–C) groups is 1. The van der Waals surface area contributed by atoms with Gasteiger partial charge in [-0.05, 0) is 24.6 Å². The lowest BCUT2D eigenvalue weighted by molar-refractivity contribution is -0.553. The molecule has 1 unspecified atom stereocenters. The minimum Gasteiger partial charge on any atom is -0.466 e. The van der Waals surface area contributed by atoms with Crippen LogP contribution >= 0.6 is 0 Å². The summed E-state index contributed by atoms with van der Waals surface area (Å²) in [4.78, 5) is 32.4. The molecule has 0 spiro atoms. The molecule has 28 heavy (non-hydrogen) atoms. The van der Waals surface area contributed by atoms with Crippen LogP contribution in [0, 0.1) is 6.92 Å². The summed E-state index contributed by atoms with van der Waals surface area (Å²) in [6, 6.07) is 10.8. The summed E-state index contributed by atoms with van der Waals surface area (Å²) in [5.74, 6) is 1.44. The number of amides is 3. The molecule has 0 bridgehead atoms. The van der Waals surface area contributed by atoms with Gasteiger partial charge in [0.05, 0.1) is 12.8 Å². The first-order valence-electron chi connectivity index (χ1n) is 9.05. The number of nitrogens with zero attached hydrogens (tertiary/aromatic N) is 4. The van der Waals surface area contributed by atoms with Crippen molar-refractivity contribution in [2.45, 2.75) is 26.1 Å². The van der Waals surface area contributed by atoms with E-state index in [4.69, 9.17) is 4.42 Å². The minimum atomic E-state index is -0.646. The van der Waals surface area contributed by atoms with Crippen LogP contribution < -0.4 is 5.32 Å². The molecule has 1 fully saturated rings. The number of guanidine groups is 1. The second-order valence-electron chi connectivity index (χ2n) is 6.98. The molecule has 8 heteroatoms. The average molecular weight is 380 g/mol. The third-order valence-electron chi connectivity index (χ3n) is 4.97. The van der Waals surface area contributed by atoms with Crippen molar-refractivity contribution in [1.82, 2.24) is 15.1 Å². The number of rotatable bonds is 4. The summed E-state index contributed by atoms with van der Waals surface area (Å²) in [6.07, 6.45) is 1.61. The molecule has 0 aliphatic carbocycles. The summed E-state index contributed by atoms with van der Waals surface area (Å²) in [6.45, 7) is 2.94. The quantitative estimate of drug-likeness (QED) is 0.816. The van der Waals surface area contributed by atoms with Gasteiger partial charge < -0.3 is 4.42 Å². The minimum absolute atomic E-state index is 0.288. The number of nitrogens with one attached hydrogen (secondary N) is 1.